The van der Waals surface area contributed by atoms with Gasteiger partial charge in [-0.1, -0.05) is 17.3 Å². The summed E-state index contributed by atoms with van der Waals surface area (Å²) in [7, 11) is 1.55. The van der Waals surface area contributed by atoms with Gasteiger partial charge in [0, 0.05) is 4.88 Å². The molecule has 2 aromatic heterocycles. The van der Waals surface area contributed by atoms with E-state index in [1.54, 1.807) is 26.2 Å². The lowest BCUT2D eigenvalue weighted by atomic mass is 10.0. The van der Waals surface area contributed by atoms with Crippen molar-refractivity contribution in [3.8, 4) is 17.1 Å². The first kappa shape index (κ1) is 18.6. The zero-order chi connectivity index (χ0) is 19.9. The fourth-order valence-corrected chi connectivity index (χ4v) is 4.46. The Kier molecular flexibility index (Phi) is 4.68. The maximum absolute atomic E-state index is 13.0. The number of urea groups is 1. The molecule has 0 spiro atoms. The number of hydrogen-bond donors (Lipinski definition) is 1. The average molecular weight is 463 g/mol. The highest BCUT2D eigenvalue weighted by Crippen LogP contribution is 2.36. The van der Waals surface area contributed by atoms with E-state index in [0.717, 1.165) is 13.6 Å². The van der Waals surface area contributed by atoms with Crippen LogP contribution < -0.4 is 10.1 Å². The Labute approximate surface area is 172 Å². The molecule has 0 aliphatic carbocycles. The van der Waals surface area contributed by atoms with Crippen molar-refractivity contribution in [2.45, 2.75) is 19.0 Å². The molecule has 28 heavy (non-hydrogen) atoms. The molecule has 0 saturated carbocycles. The Balaban J connectivity index is 1.58. The molecule has 3 aromatic rings. The van der Waals surface area contributed by atoms with E-state index in [1.165, 1.54) is 11.3 Å². The van der Waals surface area contributed by atoms with Crippen molar-refractivity contribution in [3.05, 3.63) is 51.0 Å². The number of nitrogens with zero attached hydrogens (tertiary/aromatic N) is 3. The summed E-state index contributed by atoms with van der Waals surface area (Å²) < 4.78 is 11.4. The predicted molar refractivity (Wildman–Crippen MR) is 105 cm³/mol. The molecule has 1 unspecified atom stereocenters. The van der Waals surface area contributed by atoms with Crippen LogP contribution in [0.3, 0.4) is 0 Å². The number of imide groups is 1. The quantitative estimate of drug-likeness (QED) is 0.582. The minimum Gasteiger partial charge on any atom is -0.496 e. The van der Waals surface area contributed by atoms with Crippen molar-refractivity contribution < 1.29 is 18.8 Å². The molecule has 144 valence electrons. The van der Waals surface area contributed by atoms with Crippen molar-refractivity contribution in [2.75, 3.05) is 7.11 Å². The summed E-state index contributed by atoms with van der Waals surface area (Å²) in [4.78, 5) is 31.5. The lowest BCUT2D eigenvalue weighted by Crippen LogP contribution is -2.40. The van der Waals surface area contributed by atoms with Crippen LogP contribution in [-0.2, 0) is 16.9 Å². The van der Waals surface area contributed by atoms with Crippen LogP contribution in [0.15, 0.2) is 44.7 Å². The SMILES string of the molecule is COc1ccccc1-c1noc(CN2C(=O)NC(C)(c3ccc(Br)s3)C2=O)n1. The summed E-state index contributed by atoms with van der Waals surface area (Å²) >= 11 is 4.77. The van der Waals surface area contributed by atoms with Gasteiger partial charge in [0.2, 0.25) is 11.7 Å². The van der Waals surface area contributed by atoms with Crippen LogP contribution in [0.25, 0.3) is 11.4 Å². The van der Waals surface area contributed by atoms with Gasteiger partial charge in [0.25, 0.3) is 5.91 Å². The molecule has 4 rings (SSSR count). The Bertz CT molecular complexity index is 1070. The van der Waals surface area contributed by atoms with E-state index in [9.17, 15) is 9.59 Å². The maximum Gasteiger partial charge on any atom is 0.325 e. The van der Waals surface area contributed by atoms with Crippen LogP contribution >= 0.6 is 27.3 Å². The second kappa shape index (κ2) is 7.02. The molecular weight excluding hydrogens is 448 g/mol. The van der Waals surface area contributed by atoms with Gasteiger partial charge < -0.3 is 14.6 Å². The molecule has 0 bridgehead atoms. The van der Waals surface area contributed by atoms with Crippen LogP contribution in [0.2, 0.25) is 0 Å². The molecule has 1 fully saturated rings. The predicted octanol–water partition coefficient (Wildman–Crippen LogP) is 3.54. The monoisotopic (exact) mass is 462 g/mol. The van der Waals surface area contributed by atoms with Crippen LogP contribution in [0.4, 0.5) is 4.79 Å². The Morgan fingerprint density at radius 1 is 1.29 bits per heavy atom. The minimum atomic E-state index is -1.13. The van der Waals surface area contributed by atoms with Gasteiger partial charge in [0.1, 0.15) is 12.3 Å². The van der Waals surface area contributed by atoms with Crippen LogP contribution in [0, 0.1) is 0 Å². The van der Waals surface area contributed by atoms with Gasteiger partial charge >= 0.3 is 6.03 Å². The van der Waals surface area contributed by atoms with Gasteiger partial charge in [-0.2, -0.15) is 4.98 Å². The van der Waals surface area contributed by atoms with Crippen LogP contribution in [-0.4, -0.2) is 34.1 Å². The molecule has 1 atom stereocenters. The van der Waals surface area contributed by atoms with E-state index in [1.807, 2.05) is 24.3 Å². The van der Waals surface area contributed by atoms with Crippen molar-refractivity contribution in [2.24, 2.45) is 0 Å². The first-order valence-corrected chi connectivity index (χ1v) is 9.89. The summed E-state index contributed by atoms with van der Waals surface area (Å²) in [6, 6.07) is 10.4. The number of nitrogens with one attached hydrogen (secondary N) is 1. The van der Waals surface area contributed by atoms with Gasteiger partial charge in [-0.3, -0.25) is 9.69 Å². The molecule has 3 heterocycles. The smallest absolute Gasteiger partial charge is 0.325 e. The topological polar surface area (TPSA) is 97.6 Å². The van der Waals surface area contributed by atoms with Gasteiger partial charge in [-0.25, -0.2) is 4.79 Å². The number of rotatable bonds is 5. The lowest BCUT2D eigenvalue weighted by molar-refractivity contribution is -0.131. The van der Waals surface area contributed by atoms with E-state index in [2.05, 4.69) is 31.4 Å². The summed E-state index contributed by atoms with van der Waals surface area (Å²) in [6.07, 6.45) is 0. The number of aromatic nitrogens is 2. The summed E-state index contributed by atoms with van der Waals surface area (Å²) in [5, 5.41) is 6.70. The number of para-hydroxylation sites is 1. The molecule has 1 aromatic carbocycles. The third-order valence-electron chi connectivity index (χ3n) is 4.45. The largest absolute Gasteiger partial charge is 0.496 e. The van der Waals surface area contributed by atoms with Gasteiger partial charge in [0.05, 0.1) is 16.5 Å². The lowest BCUT2D eigenvalue weighted by Gasteiger charge is -2.19. The van der Waals surface area contributed by atoms with Gasteiger partial charge in [-0.15, -0.1) is 11.3 Å². The number of carbonyl (C=O) groups excluding carboxylic acids is 2. The Morgan fingerprint density at radius 3 is 2.79 bits per heavy atom. The van der Waals surface area contributed by atoms with E-state index in [4.69, 9.17) is 9.26 Å². The van der Waals surface area contributed by atoms with Crippen molar-refractivity contribution in [1.29, 1.82) is 0 Å². The van der Waals surface area contributed by atoms with Gasteiger partial charge in [0.15, 0.2) is 5.54 Å². The van der Waals surface area contributed by atoms with E-state index in [0.29, 0.717) is 17.1 Å². The van der Waals surface area contributed by atoms with Crippen LogP contribution in [0.1, 0.15) is 17.7 Å². The van der Waals surface area contributed by atoms with E-state index < -0.39 is 11.6 Å². The molecule has 0 radical (unpaired) electrons. The number of methoxy groups -OCH3 is 1. The summed E-state index contributed by atoms with van der Waals surface area (Å²) in [5.41, 5.74) is -0.468. The molecule has 1 aliphatic heterocycles. The highest BCUT2D eigenvalue weighted by Gasteiger charge is 2.50. The standard InChI is InChI=1S/C18H15BrN4O4S/c1-18(12-7-8-13(19)28-12)16(24)23(17(25)21-18)9-14-20-15(22-27-14)10-5-3-4-6-11(10)26-2/h3-8H,9H2,1-2H3,(H,21,25). The van der Waals surface area contributed by atoms with Crippen LogP contribution in [0.5, 0.6) is 5.75 Å². The molecule has 1 N–H and O–H groups in total. The number of carbonyl (C=O) groups is 2. The molecule has 8 nitrogen and oxygen atoms in total. The highest BCUT2D eigenvalue weighted by atomic mass is 79.9. The first-order chi connectivity index (χ1) is 13.4. The summed E-state index contributed by atoms with van der Waals surface area (Å²) in [5.74, 6) is 0.704. The molecule has 10 heteroatoms. The normalized spacial score (nSPS) is 19.2. The maximum atomic E-state index is 13.0. The fraction of sp³-hybridized carbons (Fsp3) is 0.222. The summed E-state index contributed by atoms with van der Waals surface area (Å²) in [6.45, 7) is 1.56. The second-order valence-corrected chi connectivity index (χ2v) is 8.73. The molecule has 1 aliphatic rings. The Morgan fingerprint density at radius 2 is 2.07 bits per heavy atom. The minimum absolute atomic E-state index is 0.116. The van der Waals surface area contributed by atoms with Crippen molar-refractivity contribution in [1.82, 2.24) is 20.4 Å². The zero-order valence-electron chi connectivity index (χ0n) is 14.9. The number of amides is 3. The average Bonchev–Trinajstić information content (AvgIpc) is 3.38. The fourth-order valence-electron chi connectivity index (χ4n) is 2.98. The number of thiophene rings is 1. The second-order valence-electron chi connectivity index (χ2n) is 6.26. The van der Waals surface area contributed by atoms with E-state index in [-0.39, 0.29) is 18.3 Å². The highest BCUT2D eigenvalue weighted by molar-refractivity contribution is 9.11. The van der Waals surface area contributed by atoms with Crippen molar-refractivity contribution >= 4 is 39.2 Å². The number of halogens is 1. The molecule has 1 saturated heterocycles. The van der Waals surface area contributed by atoms with E-state index >= 15 is 0 Å². The zero-order valence-corrected chi connectivity index (χ0v) is 17.3. The van der Waals surface area contributed by atoms with Gasteiger partial charge in [-0.05, 0) is 47.1 Å². The number of ether oxygens (including phenoxy) is 1. The Hall–Kier alpha value is -2.72. The molecule has 3 amide bonds. The third kappa shape index (κ3) is 3.08. The third-order valence-corrected chi connectivity index (χ3v) is 6.30. The first-order valence-electron chi connectivity index (χ1n) is 8.28. The number of hydrogen-bond acceptors (Lipinski definition) is 7. The number of benzene rings is 1. The molecular formula is C18H15BrN4O4S. The van der Waals surface area contributed by atoms with Crippen molar-refractivity contribution in [3.63, 3.8) is 0 Å².